The summed E-state index contributed by atoms with van der Waals surface area (Å²) in [4.78, 5) is 39.1. The Morgan fingerprint density at radius 1 is 0.900 bits per heavy atom. The van der Waals surface area contributed by atoms with Crippen LogP contribution in [0.4, 0.5) is 26.3 Å². The molecule has 0 saturated heterocycles. The number of aromatic nitrogens is 3. The van der Waals surface area contributed by atoms with Gasteiger partial charge in [-0.1, -0.05) is 54.6 Å². The lowest BCUT2D eigenvalue weighted by molar-refractivity contribution is -0.139. The molecule has 50 heavy (non-hydrogen) atoms. The van der Waals surface area contributed by atoms with Crippen molar-refractivity contribution in [3.8, 4) is 11.1 Å². The summed E-state index contributed by atoms with van der Waals surface area (Å²) >= 11 is 0. The van der Waals surface area contributed by atoms with Crippen LogP contribution >= 0.6 is 0 Å². The number of halogens is 6. The van der Waals surface area contributed by atoms with Crippen LogP contribution < -0.4 is 10.9 Å². The SMILES string of the molecule is Cn1c(=O)c(-c2cccc3c(C[C@H](NC(=O)c4c(F)cc5c(cnn5CC(C)(C)F)c4F)C(=O)O)cccc23)c(C(F)(F)F)c2ccccc21. The summed E-state index contributed by atoms with van der Waals surface area (Å²) in [7, 11) is 1.37. The molecule has 0 saturated carbocycles. The molecule has 8 nitrogen and oxygen atoms in total. The standard InChI is InChI=1S/C36H28F6N4O4/c1-35(2,39)17-46-27-15-24(37)29(31(38)23(27)16-43-46)32(47)44-25(34(49)50)14-18-8-6-11-20-19(18)10-7-12-21(20)28-30(36(40,41)42)22-9-4-5-13-26(22)45(3)33(28)48/h4-13,15-16,25H,14,17H2,1-3H3,(H,44,47)(H,49,50)/t25-/m0/s1. The van der Waals surface area contributed by atoms with Gasteiger partial charge in [-0.05, 0) is 41.8 Å². The van der Waals surface area contributed by atoms with Gasteiger partial charge in [0.25, 0.3) is 11.5 Å². The minimum Gasteiger partial charge on any atom is -0.480 e. The normalized spacial score (nSPS) is 12.9. The first kappa shape index (κ1) is 34.2. The van der Waals surface area contributed by atoms with E-state index in [1.165, 1.54) is 81.6 Å². The van der Waals surface area contributed by atoms with Crippen molar-refractivity contribution in [3.63, 3.8) is 0 Å². The summed E-state index contributed by atoms with van der Waals surface area (Å²) in [6.07, 6.45) is -4.36. The van der Waals surface area contributed by atoms with Crippen LogP contribution in [0.3, 0.4) is 0 Å². The maximum atomic E-state index is 15.5. The first-order valence-corrected chi connectivity index (χ1v) is 15.2. The molecule has 2 heterocycles. The third kappa shape index (κ3) is 6.05. The van der Waals surface area contributed by atoms with Crippen molar-refractivity contribution >= 4 is 44.5 Å². The maximum absolute atomic E-state index is 15.5. The first-order valence-electron chi connectivity index (χ1n) is 15.2. The highest BCUT2D eigenvalue weighted by molar-refractivity contribution is 6.03. The van der Waals surface area contributed by atoms with Gasteiger partial charge in [-0.3, -0.25) is 14.3 Å². The number of rotatable bonds is 8. The Bertz CT molecular complexity index is 2410. The molecular formula is C36H28F6N4O4. The maximum Gasteiger partial charge on any atom is 0.417 e. The minimum atomic E-state index is -4.92. The van der Waals surface area contributed by atoms with E-state index in [1.54, 1.807) is 0 Å². The monoisotopic (exact) mass is 694 g/mol. The van der Waals surface area contributed by atoms with E-state index in [-0.39, 0.29) is 50.2 Å². The van der Waals surface area contributed by atoms with E-state index in [1.807, 2.05) is 0 Å². The van der Waals surface area contributed by atoms with Crippen LogP contribution in [0.25, 0.3) is 43.7 Å². The van der Waals surface area contributed by atoms with Gasteiger partial charge in [-0.25, -0.2) is 18.0 Å². The third-order valence-electron chi connectivity index (χ3n) is 8.49. The van der Waals surface area contributed by atoms with Gasteiger partial charge in [0.1, 0.15) is 28.9 Å². The predicted molar refractivity (Wildman–Crippen MR) is 175 cm³/mol. The molecule has 0 aliphatic rings. The van der Waals surface area contributed by atoms with Gasteiger partial charge < -0.3 is 15.0 Å². The number of amides is 1. The number of nitrogens with one attached hydrogen (secondary N) is 1. The zero-order chi connectivity index (χ0) is 36.3. The van der Waals surface area contributed by atoms with Crippen molar-refractivity contribution < 1.29 is 41.0 Å². The third-order valence-corrected chi connectivity index (χ3v) is 8.49. The Kier molecular flexibility index (Phi) is 8.45. The molecule has 0 spiro atoms. The van der Waals surface area contributed by atoms with Crippen LogP contribution in [0.1, 0.15) is 35.3 Å². The molecule has 0 aliphatic heterocycles. The van der Waals surface area contributed by atoms with Crippen LogP contribution in [0.5, 0.6) is 0 Å². The Hall–Kier alpha value is -5.66. The second kappa shape index (κ2) is 12.3. The minimum absolute atomic E-state index is 0.0481. The summed E-state index contributed by atoms with van der Waals surface area (Å²) in [6.45, 7) is 2.17. The Morgan fingerprint density at radius 3 is 2.24 bits per heavy atom. The number of carbonyl (C=O) groups excluding carboxylic acids is 1. The Morgan fingerprint density at radius 2 is 1.56 bits per heavy atom. The summed E-state index contributed by atoms with van der Waals surface area (Å²) in [5.74, 6) is -5.60. The predicted octanol–water partition coefficient (Wildman–Crippen LogP) is 7.18. The highest BCUT2D eigenvalue weighted by Gasteiger charge is 2.38. The van der Waals surface area contributed by atoms with E-state index in [4.69, 9.17) is 0 Å². The van der Waals surface area contributed by atoms with Crippen molar-refractivity contribution in [3.05, 3.63) is 112 Å². The molecule has 4 aromatic carbocycles. The van der Waals surface area contributed by atoms with E-state index in [0.29, 0.717) is 0 Å². The summed E-state index contributed by atoms with van der Waals surface area (Å²) in [5, 5.41) is 16.1. The average Bonchev–Trinajstić information content (AvgIpc) is 3.42. The van der Waals surface area contributed by atoms with E-state index in [0.717, 1.165) is 21.5 Å². The molecule has 14 heteroatoms. The van der Waals surface area contributed by atoms with Crippen molar-refractivity contribution in [2.24, 2.45) is 7.05 Å². The zero-order valence-corrected chi connectivity index (χ0v) is 26.7. The number of carboxylic acid groups (broad SMARTS) is 1. The second-order valence-corrected chi connectivity index (χ2v) is 12.5. The largest absolute Gasteiger partial charge is 0.480 e. The molecule has 2 N–H and O–H groups in total. The lowest BCUT2D eigenvalue weighted by atomic mass is 9.90. The number of hydrogen-bond acceptors (Lipinski definition) is 4. The van der Waals surface area contributed by atoms with Gasteiger partial charge in [0, 0.05) is 24.9 Å². The number of alkyl halides is 4. The molecule has 0 fully saturated rings. The molecule has 0 aliphatic carbocycles. The number of para-hydroxylation sites is 1. The van der Waals surface area contributed by atoms with Crippen LogP contribution in [0.15, 0.2) is 77.7 Å². The van der Waals surface area contributed by atoms with Gasteiger partial charge in [0.2, 0.25) is 0 Å². The molecule has 1 amide bonds. The molecule has 0 radical (unpaired) electrons. The number of benzene rings is 4. The number of carboxylic acids is 1. The van der Waals surface area contributed by atoms with Gasteiger partial charge in [-0.15, -0.1) is 0 Å². The zero-order valence-electron chi connectivity index (χ0n) is 26.7. The van der Waals surface area contributed by atoms with Crippen molar-refractivity contribution in [2.75, 3.05) is 0 Å². The summed E-state index contributed by atoms with van der Waals surface area (Å²) in [5.41, 5.74) is -5.28. The van der Waals surface area contributed by atoms with Crippen LogP contribution in [-0.4, -0.2) is 43.0 Å². The van der Waals surface area contributed by atoms with Gasteiger partial charge in [0.05, 0.1) is 40.3 Å². The molecule has 1 atom stereocenters. The number of hydrogen-bond donors (Lipinski definition) is 2. The smallest absolute Gasteiger partial charge is 0.417 e. The number of fused-ring (bicyclic) bond motifs is 3. The number of aryl methyl sites for hydroxylation is 1. The van der Waals surface area contributed by atoms with Gasteiger partial charge >= 0.3 is 12.1 Å². The van der Waals surface area contributed by atoms with E-state index >= 15 is 8.78 Å². The van der Waals surface area contributed by atoms with Crippen molar-refractivity contribution in [1.82, 2.24) is 19.7 Å². The Labute approximate surface area is 279 Å². The fourth-order valence-corrected chi connectivity index (χ4v) is 6.30. The Balaban J connectivity index is 1.40. The first-order chi connectivity index (χ1) is 23.5. The topological polar surface area (TPSA) is 106 Å². The average molecular weight is 695 g/mol. The van der Waals surface area contributed by atoms with Gasteiger partial charge in [-0.2, -0.15) is 18.3 Å². The molecule has 258 valence electrons. The summed E-state index contributed by atoms with van der Waals surface area (Å²) in [6, 6.07) is 13.5. The molecule has 6 rings (SSSR count). The summed E-state index contributed by atoms with van der Waals surface area (Å²) < 4.78 is 91.1. The molecule has 2 aromatic heterocycles. The van der Waals surface area contributed by atoms with E-state index in [2.05, 4.69) is 10.4 Å². The van der Waals surface area contributed by atoms with E-state index < -0.39 is 70.1 Å². The fraction of sp³-hybridized carbons (Fsp3) is 0.222. The number of carbonyl (C=O) groups is 2. The number of pyridine rings is 1. The highest BCUT2D eigenvalue weighted by Crippen LogP contribution is 2.42. The van der Waals surface area contributed by atoms with Crippen LogP contribution in [0, 0.1) is 11.6 Å². The molecule has 6 aromatic rings. The number of aliphatic carboxylic acids is 1. The lowest BCUT2D eigenvalue weighted by Crippen LogP contribution is -2.43. The second-order valence-electron chi connectivity index (χ2n) is 12.5. The van der Waals surface area contributed by atoms with Crippen molar-refractivity contribution in [1.29, 1.82) is 0 Å². The number of nitrogens with zero attached hydrogens (tertiary/aromatic N) is 3. The quantitative estimate of drug-likeness (QED) is 0.164. The fourth-order valence-electron chi connectivity index (χ4n) is 6.30. The molecule has 0 bridgehead atoms. The lowest BCUT2D eigenvalue weighted by Gasteiger charge is -2.20. The van der Waals surface area contributed by atoms with E-state index in [9.17, 15) is 37.1 Å². The molecule has 0 unspecified atom stereocenters. The molecular weight excluding hydrogens is 666 g/mol. The highest BCUT2D eigenvalue weighted by atomic mass is 19.4. The van der Waals surface area contributed by atoms with Gasteiger partial charge in [0.15, 0.2) is 0 Å². The van der Waals surface area contributed by atoms with Crippen LogP contribution in [0.2, 0.25) is 0 Å². The van der Waals surface area contributed by atoms with Crippen molar-refractivity contribution in [2.45, 2.75) is 44.7 Å². The van der Waals surface area contributed by atoms with Crippen LogP contribution in [-0.2, 0) is 31.0 Å².